The van der Waals surface area contributed by atoms with Gasteiger partial charge < -0.3 is 10.6 Å². The predicted molar refractivity (Wildman–Crippen MR) is 96.6 cm³/mol. The molecule has 0 aliphatic carbocycles. The first-order valence-corrected chi connectivity index (χ1v) is 8.49. The first-order valence-electron chi connectivity index (χ1n) is 8.49. The van der Waals surface area contributed by atoms with E-state index >= 15 is 0 Å². The summed E-state index contributed by atoms with van der Waals surface area (Å²) in [7, 11) is 1.90. The smallest absolute Gasteiger partial charge is 0.261 e. The fourth-order valence-electron chi connectivity index (χ4n) is 3.14. The van der Waals surface area contributed by atoms with E-state index in [1.165, 1.54) is 4.90 Å². The van der Waals surface area contributed by atoms with E-state index < -0.39 is 0 Å². The van der Waals surface area contributed by atoms with Crippen LogP contribution < -0.4 is 10.6 Å². The number of anilines is 1. The molecule has 0 unspecified atom stereocenters. The Bertz CT molecular complexity index is 763. The quantitative estimate of drug-likeness (QED) is 0.607. The molecule has 3 rings (SSSR count). The second-order valence-corrected chi connectivity index (χ2v) is 6.03. The molecule has 0 radical (unpaired) electrons. The fraction of sp³-hybridized carbons (Fsp3) is 0.368. The zero-order valence-electron chi connectivity index (χ0n) is 14.2. The maximum absolute atomic E-state index is 12.8. The molecule has 5 heteroatoms. The van der Waals surface area contributed by atoms with Crippen molar-refractivity contribution >= 4 is 28.3 Å². The van der Waals surface area contributed by atoms with Gasteiger partial charge in [0.2, 0.25) is 0 Å². The van der Waals surface area contributed by atoms with E-state index in [2.05, 4.69) is 17.6 Å². The molecule has 0 saturated heterocycles. The minimum Gasteiger partial charge on any atom is -0.383 e. The topological polar surface area (TPSA) is 61.4 Å². The van der Waals surface area contributed by atoms with Crippen molar-refractivity contribution in [3.63, 3.8) is 0 Å². The van der Waals surface area contributed by atoms with Gasteiger partial charge in [0.25, 0.3) is 11.8 Å². The summed E-state index contributed by atoms with van der Waals surface area (Å²) in [5.41, 5.74) is 2.19. The van der Waals surface area contributed by atoms with E-state index in [1.807, 2.05) is 37.4 Å². The Kier molecular flexibility index (Phi) is 4.81. The van der Waals surface area contributed by atoms with Gasteiger partial charge in [-0.05, 0) is 31.7 Å². The molecule has 2 N–H and O–H groups in total. The molecule has 2 amide bonds. The molecule has 24 heavy (non-hydrogen) atoms. The molecule has 0 spiro atoms. The lowest BCUT2D eigenvalue weighted by Crippen LogP contribution is -2.40. The molecular formula is C19H23N3O2. The van der Waals surface area contributed by atoms with Gasteiger partial charge in [-0.3, -0.25) is 14.5 Å². The number of carbonyl (C=O) groups excluding carboxylic acids is 2. The number of hydrogen-bond donors (Lipinski definition) is 2. The van der Waals surface area contributed by atoms with E-state index in [1.54, 1.807) is 0 Å². The van der Waals surface area contributed by atoms with Crippen molar-refractivity contribution < 1.29 is 9.59 Å². The van der Waals surface area contributed by atoms with Crippen molar-refractivity contribution in [1.29, 1.82) is 0 Å². The highest BCUT2D eigenvalue weighted by Gasteiger charge is 2.32. The van der Waals surface area contributed by atoms with Gasteiger partial charge >= 0.3 is 0 Å². The maximum atomic E-state index is 12.8. The van der Waals surface area contributed by atoms with Gasteiger partial charge in [0.15, 0.2) is 0 Å². The zero-order valence-corrected chi connectivity index (χ0v) is 14.2. The Morgan fingerprint density at radius 3 is 2.46 bits per heavy atom. The van der Waals surface area contributed by atoms with E-state index in [4.69, 9.17) is 0 Å². The number of rotatable bonds is 7. The summed E-state index contributed by atoms with van der Waals surface area (Å²) in [6.45, 7) is 4.15. The molecular weight excluding hydrogens is 302 g/mol. The number of unbranched alkanes of at least 4 members (excludes halogenated alkanes) is 1. The number of hydrogen-bond acceptors (Lipinski definition) is 4. The number of nitrogens with one attached hydrogen (secondary N) is 2. The van der Waals surface area contributed by atoms with E-state index in [9.17, 15) is 9.59 Å². The van der Waals surface area contributed by atoms with Crippen molar-refractivity contribution in [2.45, 2.75) is 19.8 Å². The van der Waals surface area contributed by atoms with Gasteiger partial charge in [-0.2, -0.15) is 0 Å². The van der Waals surface area contributed by atoms with Gasteiger partial charge in [-0.1, -0.05) is 25.5 Å². The molecule has 0 atom stereocenters. The van der Waals surface area contributed by atoms with Crippen LogP contribution in [0.15, 0.2) is 30.3 Å². The third kappa shape index (κ3) is 2.76. The summed E-state index contributed by atoms with van der Waals surface area (Å²) < 4.78 is 0. The molecule has 126 valence electrons. The molecule has 0 aromatic heterocycles. The van der Waals surface area contributed by atoms with Crippen LogP contribution in [0.25, 0.3) is 10.8 Å². The van der Waals surface area contributed by atoms with Crippen LogP contribution >= 0.6 is 0 Å². The number of amides is 2. The lowest BCUT2D eigenvalue weighted by Gasteiger charge is -2.27. The summed E-state index contributed by atoms with van der Waals surface area (Å²) in [5, 5.41) is 8.16. The lowest BCUT2D eigenvalue weighted by molar-refractivity contribution is 0.0608. The number of carbonyl (C=O) groups is 2. The van der Waals surface area contributed by atoms with Crippen molar-refractivity contribution in [2.24, 2.45) is 0 Å². The Morgan fingerprint density at radius 2 is 1.75 bits per heavy atom. The Labute approximate surface area is 142 Å². The number of likely N-dealkylation sites (N-methyl/N-ethyl adjacent to an activating group) is 1. The van der Waals surface area contributed by atoms with Gasteiger partial charge in [0, 0.05) is 47.2 Å². The summed E-state index contributed by atoms with van der Waals surface area (Å²) in [6, 6.07) is 9.43. The average Bonchev–Trinajstić information content (AvgIpc) is 2.60. The first kappa shape index (κ1) is 16.5. The highest BCUT2D eigenvalue weighted by atomic mass is 16.2. The van der Waals surface area contributed by atoms with Crippen molar-refractivity contribution in [3.05, 3.63) is 41.5 Å². The third-order valence-corrected chi connectivity index (χ3v) is 4.42. The first-order chi connectivity index (χ1) is 11.7. The summed E-state index contributed by atoms with van der Waals surface area (Å²) in [4.78, 5) is 26.9. The van der Waals surface area contributed by atoms with Crippen LogP contribution in [0.4, 0.5) is 5.69 Å². The van der Waals surface area contributed by atoms with Crippen LogP contribution in [0.5, 0.6) is 0 Å². The van der Waals surface area contributed by atoms with Crippen LogP contribution in [0.2, 0.25) is 0 Å². The Balaban J connectivity index is 2.06. The van der Waals surface area contributed by atoms with E-state index in [-0.39, 0.29) is 11.8 Å². The van der Waals surface area contributed by atoms with Gasteiger partial charge in [-0.25, -0.2) is 0 Å². The molecule has 1 heterocycles. The average molecular weight is 325 g/mol. The predicted octanol–water partition coefficient (Wildman–Crippen LogP) is 2.87. The largest absolute Gasteiger partial charge is 0.383 e. The van der Waals surface area contributed by atoms with Gasteiger partial charge in [0.1, 0.15) is 0 Å². The molecule has 0 saturated carbocycles. The van der Waals surface area contributed by atoms with Crippen LogP contribution in [-0.2, 0) is 0 Å². The second kappa shape index (κ2) is 7.01. The third-order valence-electron chi connectivity index (χ3n) is 4.42. The summed E-state index contributed by atoms with van der Waals surface area (Å²) >= 11 is 0. The normalized spacial score (nSPS) is 13.7. The maximum Gasteiger partial charge on any atom is 0.261 e. The summed E-state index contributed by atoms with van der Waals surface area (Å²) in [5.74, 6) is -0.363. The van der Waals surface area contributed by atoms with E-state index in [0.717, 1.165) is 42.4 Å². The standard InChI is InChI=1S/C19H23N3O2/c1-3-4-12-22-18(23)14-7-5-6-13-16(21-11-10-20-2)9-8-15(17(13)14)19(22)24/h5-9,20-21H,3-4,10-12H2,1-2H3. The van der Waals surface area contributed by atoms with Crippen LogP contribution in [0.3, 0.4) is 0 Å². The van der Waals surface area contributed by atoms with Crippen molar-refractivity contribution in [3.8, 4) is 0 Å². The molecule has 2 aromatic rings. The molecule has 1 aliphatic rings. The minimum absolute atomic E-state index is 0.182. The van der Waals surface area contributed by atoms with Crippen molar-refractivity contribution in [1.82, 2.24) is 10.2 Å². The Morgan fingerprint density at radius 1 is 1.00 bits per heavy atom. The van der Waals surface area contributed by atoms with E-state index in [0.29, 0.717) is 17.7 Å². The molecule has 1 aliphatic heterocycles. The van der Waals surface area contributed by atoms with Gasteiger partial charge in [0.05, 0.1) is 0 Å². The summed E-state index contributed by atoms with van der Waals surface area (Å²) in [6.07, 6.45) is 1.77. The molecule has 2 aromatic carbocycles. The van der Waals surface area contributed by atoms with Crippen LogP contribution in [-0.4, -0.2) is 43.4 Å². The monoisotopic (exact) mass is 325 g/mol. The Hall–Kier alpha value is -2.40. The molecule has 0 bridgehead atoms. The SMILES string of the molecule is CCCCN1C(=O)c2cccc3c(NCCNC)ccc(c23)C1=O. The number of imide groups is 1. The van der Waals surface area contributed by atoms with Crippen LogP contribution in [0.1, 0.15) is 40.5 Å². The molecule has 5 nitrogen and oxygen atoms in total. The second-order valence-electron chi connectivity index (χ2n) is 6.03. The highest BCUT2D eigenvalue weighted by Crippen LogP contribution is 2.34. The van der Waals surface area contributed by atoms with Crippen molar-refractivity contribution in [2.75, 3.05) is 32.0 Å². The highest BCUT2D eigenvalue weighted by molar-refractivity contribution is 6.26. The number of benzene rings is 2. The molecule has 0 fully saturated rings. The minimum atomic E-state index is -0.182. The van der Waals surface area contributed by atoms with Gasteiger partial charge in [-0.15, -0.1) is 0 Å². The lowest BCUT2D eigenvalue weighted by atomic mass is 9.93. The van der Waals surface area contributed by atoms with Crippen LogP contribution in [0, 0.1) is 0 Å². The zero-order chi connectivity index (χ0) is 17.1. The number of nitrogens with zero attached hydrogens (tertiary/aromatic N) is 1. The fourth-order valence-corrected chi connectivity index (χ4v) is 3.14.